The van der Waals surface area contributed by atoms with E-state index in [0.717, 1.165) is 23.6 Å². The fraction of sp³-hybridized carbons (Fsp3) is 0.467. The number of carboxylic acids is 1. The number of aliphatic carboxylic acids is 1. The number of benzene rings is 1. The molecular weight excluding hydrogens is 272 g/mol. The molecule has 0 saturated carbocycles. The second-order valence-electron chi connectivity index (χ2n) is 5.75. The lowest BCUT2D eigenvalue weighted by Crippen LogP contribution is -2.40. The lowest BCUT2D eigenvalue weighted by Gasteiger charge is -2.26. The van der Waals surface area contributed by atoms with Gasteiger partial charge in [0.15, 0.2) is 0 Å². The van der Waals surface area contributed by atoms with Crippen LogP contribution in [0, 0.1) is 6.92 Å². The average Bonchev–Trinajstić information content (AvgIpc) is 3.00. The van der Waals surface area contributed by atoms with Crippen LogP contribution in [0.1, 0.15) is 17.5 Å². The fourth-order valence-corrected chi connectivity index (χ4v) is 3.42. The molecular formula is C15H18N2O4. The fourth-order valence-electron chi connectivity index (χ4n) is 3.42. The summed E-state index contributed by atoms with van der Waals surface area (Å²) in [5, 5.41) is 18.4. The van der Waals surface area contributed by atoms with Crippen molar-refractivity contribution in [2.24, 2.45) is 0 Å². The van der Waals surface area contributed by atoms with Gasteiger partial charge in [-0.15, -0.1) is 0 Å². The van der Waals surface area contributed by atoms with Crippen molar-refractivity contribution in [3.63, 3.8) is 0 Å². The molecule has 2 unspecified atom stereocenters. The van der Waals surface area contributed by atoms with E-state index in [0.29, 0.717) is 6.42 Å². The highest BCUT2D eigenvalue weighted by molar-refractivity contribution is 5.80. The molecule has 1 amide bonds. The van der Waals surface area contributed by atoms with E-state index in [4.69, 9.17) is 5.11 Å². The Bertz CT molecular complexity index is 579. The summed E-state index contributed by atoms with van der Waals surface area (Å²) in [6.45, 7) is 3.12. The van der Waals surface area contributed by atoms with Gasteiger partial charge in [-0.25, -0.2) is 9.59 Å². The SMILES string of the molecule is Cc1ccc2c(c1)CCN2C1CC(C(=O)O)N(C(=O)O)C1. The van der Waals surface area contributed by atoms with Crippen molar-refractivity contribution in [1.82, 2.24) is 4.90 Å². The monoisotopic (exact) mass is 290 g/mol. The van der Waals surface area contributed by atoms with Crippen LogP contribution in [0.4, 0.5) is 10.5 Å². The quantitative estimate of drug-likeness (QED) is 0.864. The van der Waals surface area contributed by atoms with Crippen LogP contribution in [0.25, 0.3) is 0 Å². The minimum Gasteiger partial charge on any atom is -0.480 e. The van der Waals surface area contributed by atoms with Crippen LogP contribution < -0.4 is 4.90 Å². The average molecular weight is 290 g/mol. The Kier molecular flexibility index (Phi) is 3.23. The summed E-state index contributed by atoms with van der Waals surface area (Å²) >= 11 is 0. The lowest BCUT2D eigenvalue weighted by molar-refractivity contribution is -0.141. The highest BCUT2D eigenvalue weighted by Crippen LogP contribution is 2.34. The summed E-state index contributed by atoms with van der Waals surface area (Å²) in [6.07, 6.45) is 0.112. The van der Waals surface area contributed by atoms with Crippen LogP contribution in [0.2, 0.25) is 0 Å². The van der Waals surface area contributed by atoms with Crippen LogP contribution in [0.3, 0.4) is 0 Å². The first-order chi connectivity index (χ1) is 9.97. The van der Waals surface area contributed by atoms with E-state index >= 15 is 0 Å². The molecule has 0 bridgehead atoms. The number of likely N-dealkylation sites (tertiary alicyclic amines) is 1. The van der Waals surface area contributed by atoms with Crippen molar-refractivity contribution in [2.45, 2.75) is 31.8 Å². The van der Waals surface area contributed by atoms with Gasteiger partial charge in [-0.05, 0) is 25.0 Å². The third kappa shape index (κ3) is 2.30. The first-order valence-corrected chi connectivity index (χ1v) is 7.06. The zero-order valence-electron chi connectivity index (χ0n) is 11.8. The van der Waals surface area contributed by atoms with Crippen LogP contribution in [0.15, 0.2) is 18.2 Å². The van der Waals surface area contributed by atoms with Gasteiger partial charge in [-0.3, -0.25) is 4.90 Å². The van der Waals surface area contributed by atoms with E-state index in [9.17, 15) is 14.7 Å². The van der Waals surface area contributed by atoms with Gasteiger partial charge in [0, 0.05) is 31.2 Å². The number of anilines is 1. The predicted molar refractivity (Wildman–Crippen MR) is 76.8 cm³/mol. The molecule has 0 spiro atoms. The molecule has 1 aromatic rings. The van der Waals surface area contributed by atoms with Gasteiger partial charge in [0.25, 0.3) is 0 Å². The number of aryl methyl sites for hydroxylation is 1. The van der Waals surface area contributed by atoms with Gasteiger partial charge in [-0.2, -0.15) is 0 Å². The van der Waals surface area contributed by atoms with E-state index in [2.05, 4.69) is 17.0 Å². The van der Waals surface area contributed by atoms with Crippen molar-refractivity contribution in [2.75, 3.05) is 18.0 Å². The van der Waals surface area contributed by atoms with Gasteiger partial charge in [-0.1, -0.05) is 17.7 Å². The van der Waals surface area contributed by atoms with E-state index < -0.39 is 18.1 Å². The Morgan fingerprint density at radius 2 is 2.05 bits per heavy atom. The molecule has 0 aliphatic carbocycles. The molecule has 21 heavy (non-hydrogen) atoms. The molecule has 6 nitrogen and oxygen atoms in total. The normalized spacial score (nSPS) is 24.2. The summed E-state index contributed by atoms with van der Waals surface area (Å²) in [5.74, 6) is -1.07. The molecule has 6 heteroatoms. The summed E-state index contributed by atoms with van der Waals surface area (Å²) in [6, 6.07) is 5.23. The van der Waals surface area contributed by atoms with Gasteiger partial charge in [0.05, 0.1) is 0 Å². The third-order valence-electron chi connectivity index (χ3n) is 4.42. The van der Waals surface area contributed by atoms with Gasteiger partial charge >= 0.3 is 12.1 Å². The maximum absolute atomic E-state index is 11.2. The van der Waals surface area contributed by atoms with Crippen LogP contribution in [-0.2, 0) is 11.2 Å². The maximum Gasteiger partial charge on any atom is 0.408 e. The Labute approximate surface area is 122 Å². The minimum absolute atomic E-state index is 0.0637. The number of hydrogen-bond donors (Lipinski definition) is 2. The molecule has 2 aliphatic rings. The first-order valence-electron chi connectivity index (χ1n) is 7.06. The molecule has 0 radical (unpaired) electrons. The largest absolute Gasteiger partial charge is 0.480 e. The van der Waals surface area contributed by atoms with Gasteiger partial charge < -0.3 is 15.1 Å². The molecule has 2 atom stereocenters. The second-order valence-corrected chi connectivity index (χ2v) is 5.75. The molecule has 2 N–H and O–H groups in total. The van der Waals surface area contributed by atoms with Gasteiger partial charge in [0.2, 0.25) is 0 Å². The molecule has 1 fully saturated rings. The highest BCUT2D eigenvalue weighted by Gasteiger charge is 2.43. The van der Waals surface area contributed by atoms with Crippen LogP contribution >= 0.6 is 0 Å². The molecule has 0 aromatic heterocycles. The Hall–Kier alpha value is -2.24. The number of fused-ring (bicyclic) bond motifs is 1. The Balaban J connectivity index is 1.84. The van der Waals surface area contributed by atoms with Crippen molar-refractivity contribution in [3.05, 3.63) is 29.3 Å². The van der Waals surface area contributed by atoms with E-state index in [-0.39, 0.29) is 12.6 Å². The number of amides is 1. The zero-order chi connectivity index (χ0) is 15.1. The van der Waals surface area contributed by atoms with Crippen LogP contribution in [0.5, 0.6) is 0 Å². The molecule has 2 heterocycles. The minimum atomic E-state index is -1.16. The Morgan fingerprint density at radius 3 is 2.67 bits per heavy atom. The van der Waals surface area contributed by atoms with Crippen LogP contribution in [-0.4, -0.2) is 52.3 Å². The summed E-state index contributed by atoms with van der Waals surface area (Å²) in [7, 11) is 0. The van der Waals surface area contributed by atoms with E-state index in [1.54, 1.807) is 0 Å². The van der Waals surface area contributed by atoms with Crippen molar-refractivity contribution < 1.29 is 19.8 Å². The number of carbonyl (C=O) groups is 2. The summed E-state index contributed by atoms with van der Waals surface area (Å²) in [5.41, 5.74) is 3.58. The standard InChI is InChI=1S/C15H18N2O4/c1-9-2-3-12-10(6-9)4-5-16(12)11-7-13(14(18)19)17(8-11)15(20)21/h2-3,6,11,13H,4-5,7-8H2,1H3,(H,18,19)(H,20,21). The van der Waals surface area contributed by atoms with E-state index in [1.807, 2.05) is 13.0 Å². The highest BCUT2D eigenvalue weighted by atomic mass is 16.4. The van der Waals surface area contributed by atoms with E-state index in [1.165, 1.54) is 11.1 Å². The number of rotatable bonds is 2. The molecule has 1 saturated heterocycles. The maximum atomic E-state index is 11.2. The predicted octanol–water partition coefficient (Wildman–Crippen LogP) is 1.56. The summed E-state index contributed by atoms with van der Waals surface area (Å²) < 4.78 is 0. The number of hydrogen-bond acceptors (Lipinski definition) is 3. The molecule has 2 aliphatic heterocycles. The smallest absolute Gasteiger partial charge is 0.408 e. The lowest BCUT2D eigenvalue weighted by atomic mass is 10.1. The van der Waals surface area contributed by atoms with Crippen molar-refractivity contribution >= 4 is 17.7 Å². The third-order valence-corrected chi connectivity index (χ3v) is 4.42. The molecule has 112 valence electrons. The molecule has 3 rings (SSSR count). The topological polar surface area (TPSA) is 81.1 Å². The second kappa shape index (κ2) is 4.95. The first kappa shape index (κ1) is 13.7. The molecule has 1 aromatic carbocycles. The summed E-state index contributed by atoms with van der Waals surface area (Å²) in [4.78, 5) is 25.7. The van der Waals surface area contributed by atoms with Gasteiger partial charge in [0.1, 0.15) is 6.04 Å². The zero-order valence-corrected chi connectivity index (χ0v) is 11.8. The number of carboxylic acid groups (broad SMARTS) is 2. The Morgan fingerprint density at radius 1 is 1.29 bits per heavy atom. The van der Waals surface area contributed by atoms with Crippen molar-refractivity contribution in [3.8, 4) is 0 Å². The van der Waals surface area contributed by atoms with Crippen molar-refractivity contribution in [1.29, 1.82) is 0 Å². The number of nitrogens with zero attached hydrogens (tertiary/aromatic N) is 2.